The van der Waals surface area contributed by atoms with Gasteiger partial charge in [0.15, 0.2) is 0 Å². The standard InChI is InChI=1S/C21H32N6/c1-17-6-5-9-26(15-17)21-23-12-18(13-24-21)20-14-22-16-27(20)11-10-25(2)19-7-3-4-8-19/h12-14,16-17,19H,3-11,15H2,1-2H3/t17-/m1/s1. The van der Waals surface area contributed by atoms with Crippen molar-refractivity contribution in [1.29, 1.82) is 0 Å². The normalized spacial score (nSPS) is 21.3. The topological polar surface area (TPSA) is 50.1 Å². The minimum absolute atomic E-state index is 0.723. The van der Waals surface area contributed by atoms with E-state index >= 15 is 0 Å². The molecule has 3 heterocycles. The van der Waals surface area contributed by atoms with Gasteiger partial charge in [-0.1, -0.05) is 19.8 Å². The van der Waals surface area contributed by atoms with Gasteiger partial charge in [-0.05, 0) is 38.6 Å². The molecule has 2 aromatic heterocycles. The molecule has 0 aromatic carbocycles. The second-order valence-electron chi connectivity index (χ2n) is 8.36. The molecule has 6 heteroatoms. The second kappa shape index (κ2) is 8.38. The highest BCUT2D eigenvalue weighted by molar-refractivity contribution is 5.57. The Balaban J connectivity index is 1.41. The molecule has 0 radical (unpaired) electrons. The third-order valence-electron chi connectivity index (χ3n) is 6.23. The summed E-state index contributed by atoms with van der Waals surface area (Å²) >= 11 is 0. The van der Waals surface area contributed by atoms with Gasteiger partial charge in [0, 0.05) is 50.2 Å². The van der Waals surface area contributed by atoms with E-state index in [4.69, 9.17) is 0 Å². The average molecular weight is 369 g/mol. The van der Waals surface area contributed by atoms with Crippen LogP contribution in [0.25, 0.3) is 11.3 Å². The Morgan fingerprint density at radius 1 is 1.07 bits per heavy atom. The number of imidazole rings is 1. The van der Waals surface area contributed by atoms with Crippen LogP contribution in [-0.2, 0) is 6.54 Å². The third kappa shape index (κ3) is 4.32. The molecule has 1 aliphatic heterocycles. The fourth-order valence-electron chi connectivity index (χ4n) is 4.52. The Hall–Kier alpha value is -1.95. The van der Waals surface area contributed by atoms with Crippen molar-refractivity contribution in [1.82, 2.24) is 24.4 Å². The fourth-order valence-corrected chi connectivity index (χ4v) is 4.52. The molecule has 2 aliphatic rings. The van der Waals surface area contributed by atoms with Crippen LogP contribution in [0, 0.1) is 5.92 Å². The van der Waals surface area contributed by atoms with Crippen LogP contribution in [0.1, 0.15) is 45.4 Å². The van der Waals surface area contributed by atoms with Gasteiger partial charge in [-0.15, -0.1) is 0 Å². The van der Waals surface area contributed by atoms with Crippen molar-refractivity contribution in [3.63, 3.8) is 0 Å². The van der Waals surface area contributed by atoms with E-state index in [1.165, 1.54) is 38.5 Å². The van der Waals surface area contributed by atoms with Crippen molar-refractivity contribution >= 4 is 5.95 Å². The quantitative estimate of drug-likeness (QED) is 0.782. The Bertz CT molecular complexity index is 719. The van der Waals surface area contributed by atoms with Gasteiger partial charge in [0.2, 0.25) is 5.95 Å². The van der Waals surface area contributed by atoms with E-state index in [9.17, 15) is 0 Å². The molecule has 27 heavy (non-hydrogen) atoms. The SMILES string of the molecule is C[C@@H]1CCCN(c2ncc(-c3cncn3CCN(C)C3CCCC3)cn2)C1. The lowest BCUT2D eigenvalue weighted by molar-refractivity contribution is 0.237. The Morgan fingerprint density at radius 2 is 1.85 bits per heavy atom. The number of hydrogen-bond acceptors (Lipinski definition) is 5. The summed E-state index contributed by atoms with van der Waals surface area (Å²) in [7, 11) is 2.25. The average Bonchev–Trinajstić information content (AvgIpc) is 3.38. The highest BCUT2D eigenvalue weighted by Gasteiger charge is 2.20. The van der Waals surface area contributed by atoms with Crippen LogP contribution in [0.15, 0.2) is 24.9 Å². The van der Waals surface area contributed by atoms with E-state index in [0.717, 1.165) is 55.3 Å². The zero-order valence-corrected chi connectivity index (χ0v) is 16.7. The Kier molecular flexibility index (Phi) is 5.72. The largest absolute Gasteiger partial charge is 0.341 e. The summed E-state index contributed by atoms with van der Waals surface area (Å²) in [5, 5.41) is 0. The molecule has 2 fully saturated rings. The van der Waals surface area contributed by atoms with Gasteiger partial charge in [0.25, 0.3) is 0 Å². The number of hydrogen-bond donors (Lipinski definition) is 0. The maximum Gasteiger partial charge on any atom is 0.225 e. The second-order valence-corrected chi connectivity index (χ2v) is 8.36. The van der Waals surface area contributed by atoms with E-state index in [1.54, 1.807) is 0 Å². The van der Waals surface area contributed by atoms with Gasteiger partial charge in [-0.25, -0.2) is 15.0 Å². The lowest BCUT2D eigenvalue weighted by Gasteiger charge is -2.30. The smallest absolute Gasteiger partial charge is 0.225 e. The molecule has 1 atom stereocenters. The van der Waals surface area contributed by atoms with Crippen molar-refractivity contribution in [2.75, 3.05) is 31.6 Å². The number of anilines is 1. The van der Waals surface area contributed by atoms with Gasteiger partial charge in [-0.2, -0.15) is 0 Å². The van der Waals surface area contributed by atoms with Crippen molar-refractivity contribution in [3.8, 4) is 11.3 Å². The first-order valence-corrected chi connectivity index (χ1v) is 10.5. The molecule has 6 nitrogen and oxygen atoms in total. The summed E-state index contributed by atoms with van der Waals surface area (Å²) < 4.78 is 2.23. The zero-order chi connectivity index (χ0) is 18.6. The van der Waals surface area contributed by atoms with Crippen molar-refractivity contribution in [3.05, 3.63) is 24.9 Å². The van der Waals surface area contributed by atoms with Crippen molar-refractivity contribution in [2.24, 2.45) is 5.92 Å². The van der Waals surface area contributed by atoms with Crippen LogP contribution in [0.4, 0.5) is 5.95 Å². The van der Waals surface area contributed by atoms with Crippen LogP contribution in [0.5, 0.6) is 0 Å². The van der Waals surface area contributed by atoms with Gasteiger partial charge < -0.3 is 14.4 Å². The summed E-state index contributed by atoms with van der Waals surface area (Å²) in [5.41, 5.74) is 2.15. The van der Waals surface area contributed by atoms with Gasteiger partial charge in [0.05, 0.1) is 18.2 Å². The van der Waals surface area contributed by atoms with Crippen LogP contribution in [0.3, 0.4) is 0 Å². The predicted octanol–water partition coefficient (Wildman–Crippen LogP) is 3.45. The molecule has 0 bridgehead atoms. The van der Waals surface area contributed by atoms with E-state index in [1.807, 2.05) is 24.9 Å². The van der Waals surface area contributed by atoms with Crippen LogP contribution < -0.4 is 4.90 Å². The highest BCUT2D eigenvalue weighted by atomic mass is 15.3. The van der Waals surface area contributed by atoms with Crippen LogP contribution >= 0.6 is 0 Å². The predicted molar refractivity (Wildman–Crippen MR) is 109 cm³/mol. The Labute approximate surface area is 162 Å². The zero-order valence-electron chi connectivity index (χ0n) is 16.7. The first-order chi connectivity index (χ1) is 13.2. The fraction of sp³-hybridized carbons (Fsp3) is 0.667. The molecule has 0 unspecified atom stereocenters. The molecule has 1 saturated carbocycles. The first-order valence-electron chi connectivity index (χ1n) is 10.5. The molecule has 1 aliphatic carbocycles. The molecule has 1 saturated heterocycles. The van der Waals surface area contributed by atoms with Crippen molar-refractivity contribution in [2.45, 2.75) is 58.0 Å². The molecule has 2 aromatic rings. The van der Waals surface area contributed by atoms with E-state index in [0.29, 0.717) is 0 Å². The molecule has 0 amide bonds. The van der Waals surface area contributed by atoms with Gasteiger partial charge in [-0.3, -0.25) is 0 Å². The number of rotatable bonds is 6. The maximum atomic E-state index is 4.66. The third-order valence-corrected chi connectivity index (χ3v) is 6.23. The molecule has 0 spiro atoms. The summed E-state index contributed by atoms with van der Waals surface area (Å²) in [6.07, 6.45) is 15.8. The van der Waals surface area contributed by atoms with Gasteiger partial charge in [0.1, 0.15) is 0 Å². The number of likely N-dealkylation sites (N-methyl/N-ethyl adjacent to an activating group) is 1. The lowest BCUT2D eigenvalue weighted by Crippen LogP contribution is -2.35. The number of piperidine rings is 1. The number of aromatic nitrogens is 4. The van der Waals surface area contributed by atoms with E-state index < -0.39 is 0 Å². The van der Waals surface area contributed by atoms with Gasteiger partial charge >= 0.3 is 0 Å². The van der Waals surface area contributed by atoms with E-state index in [2.05, 4.69) is 43.3 Å². The number of nitrogens with zero attached hydrogens (tertiary/aromatic N) is 6. The Morgan fingerprint density at radius 3 is 2.59 bits per heavy atom. The molecular weight excluding hydrogens is 336 g/mol. The summed E-state index contributed by atoms with van der Waals surface area (Å²) in [6, 6.07) is 0.756. The monoisotopic (exact) mass is 368 g/mol. The lowest BCUT2D eigenvalue weighted by atomic mass is 10.0. The molecular formula is C21H32N6. The molecule has 0 N–H and O–H groups in total. The van der Waals surface area contributed by atoms with Crippen molar-refractivity contribution < 1.29 is 0 Å². The maximum absolute atomic E-state index is 4.66. The summed E-state index contributed by atoms with van der Waals surface area (Å²) in [6.45, 7) is 6.44. The van der Waals surface area contributed by atoms with E-state index in [-0.39, 0.29) is 0 Å². The highest BCUT2D eigenvalue weighted by Crippen LogP contribution is 2.24. The minimum atomic E-state index is 0.723. The molecule has 146 valence electrons. The summed E-state index contributed by atoms with van der Waals surface area (Å²) in [4.78, 5) is 18.5. The van der Waals surface area contributed by atoms with Crippen LogP contribution in [-0.4, -0.2) is 57.1 Å². The first kappa shape index (κ1) is 18.4. The minimum Gasteiger partial charge on any atom is -0.341 e. The molecule has 4 rings (SSSR count). The van der Waals surface area contributed by atoms with Crippen LogP contribution in [0.2, 0.25) is 0 Å². The summed E-state index contributed by atoms with van der Waals surface area (Å²) in [5.74, 6) is 1.58.